The topological polar surface area (TPSA) is 234 Å². The van der Waals surface area contributed by atoms with Crippen LogP contribution in [-0.4, -0.2) is 103 Å². The minimum atomic E-state index is -1.32. The molecule has 0 fully saturated rings. The monoisotopic (exact) mass is 529 g/mol. The van der Waals surface area contributed by atoms with Gasteiger partial charge in [0.15, 0.2) is 13.2 Å². The molecule has 0 unspecified atom stereocenters. The number of ether oxygens (including phenoxy) is 2. The molecule has 2 rings (SSSR count). The summed E-state index contributed by atoms with van der Waals surface area (Å²) in [6.45, 7) is -0.0821. The summed E-state index contributed by atoms with van der Waals surface area (Å²) in [6.07, 6.45) is 2.00. The van der Waals surface area contributed by atoms with Crippen molar-refractivity contribution in [3.05, 3.63) is 44.3 Å². The molecule has 2 aromatic heterocycles. The zero-order valence-corrected chi connectivity index (χ0v) is 19.7. The normalized spacial score (nSPS) is 10.7. The average Bonchev–Trinajstić information content (AvgIpc) is 3.36. The van der Waals surface area contributed by atoms with E-state index in [1.165, 1.54) is 13.8 Å². The van der Waals surface area contributed by atoms with E-state index in [9.17, 15) is 34.6 Å². The van der Waals surface area contributed by atoms with E-state index in [4.69, 9.17) is 24.3 Å². The van der Waals surface area contributed by atoms with Gasteiger partial charge in [-0.2, -0.15) is 0 Å². The first-order valence-corrected chi connectivity index (χ1v) is 10.4. The van der Waals surface area contributed by atoms with Crippen molar-refractivity contribution in [1.82, 2.24) is 24.3 Å². The number of rotatable bonds is 16. The van der Waals surface area contributed by atoms with Gasteiger partial charge in [0.1, 0.15) is 25.6 Å². The van der Waals surface area contributed by atoms with Crippen molar-refractivity contribution in [3.63, 3.8) is 0 Å². The molecule has 19 nitrogen and oxygen atoms in total. The molecule has 0 bridgehead atoms. The van der Waals surface area contributed by atoms with Crippen molar-refractivity contribution in [1.29, 1.82) is 0 Å². The number of nitrogens with zero attached hydrogens (tertiary/aromatic N) is 7. The maximum absolute atomic E-state index is 12.1. The lowest BCUT2D eigenvalue weighted by Crippen LogP contribution is -2.40. The van der Waals surface area contributed by atoms with E-state index in [1.54, 1.807) is 0 Å². The molecule has 0 radical (unpaired) electrons. The number of aryl methyl sites for hydroxylation is 2. The lowest BCUT2D eigenvalue weighted by molar-refractivity contribution is -0.397. The van der Waals surface area contributed by atoms with E-state index < -0.39 is 59.0 Å². The molecular weight excluding hydrogens is 506 g/mol. The van der Waals surface area contributed by atoms with Crippen LogP contribution in [0, 0.1) is 34.1 Å². The van der Waals surface area contributed by atoms with Gasteiger partial charge in [-0.05, 0) is 19.3 Å². The van der Waals surface area contributed by atoms with Gasteiger partial charge in [0.25, 0.3) is 0 Å². The van der Waals surface area contributed by atoms with Crippen molar-refractivity contribution in [2.24, 2.45) is 0 Å². The van der Waals surface area contributed by atoms with Gasteiger partial charge in [0.2, 0.25) is 11.6 Å². The summed E-state index contributed by atoms with van der Waals surface area (Å²) in [5, 5.41) is 30.9. The molecule has 0 aliphatic heterocycles. The minimum Gasteiger partial charge on any atom is -0.480 e. The third kappa shape index (κ3) is 8.72. The first kappa shape index (κ1) is 28.4. The number of carbonyl (C=O) groups is 3. The molecule has 19 heteroatoms. The Morgan fingerprint density at radius 2 is 1.24 bits per heavy atom. The fourth-order valence-electron chi connectivity index (χ4n) is 2.79. The Balaban J connectivity index is 1.76. The predicted molar refractivity (Wildman–Crippen MR) is 116 cm³/mol. The molecule has 0 amide bonds. The first-order valence-electron chi connectivity index (χ1n) is 10.4. The highest BCUT2D eigenvalue weighted by molar-refractivity contribution is 5.77. The van der Waals surface area contributed by atoms with E-state index in [2.05, 4.69) is 9.97 Å². The molecule has 202 valence electrons. The number of carboxylic acids is 1. The quantitative estimate of drug-likeness (QED) is 0.113. The molecule has 0 aromatic carbocycles. The summed E-state index contributed by atoms with van der Waals surface area (Å²) in [5.74, 6) is -3.53. The lowest BCUT2D eigenvalue weighted by atomic mass is 10.4. The van der Waals surface area contributed by atoms with Crippen molar-refractivity contribution in [2.45, 2.75) is 13.8 Å². The average molecular weight is 529 g/mol. The second-order valence-corrected chi connectivity index (χ2v) is 7.08. The summed E-state index contributed by atoms with van der Waals surface area (Å²) in [5.41, 5.74) is 0. The van der Waals surface area contributed by atoms with E-state index in [0.29, 0.717) is 0 Å². The van der Waals surface area contributed by atoms with E-state index >= 15 is 0 Å². The largest absolute Gasteiger partial charge is 0.480 e. The first-order chi connectivity index (χ1) is 17.5. The highest BCUT2D eigenvalue weighted by Crippen LogP contribution is 2.12. The third-order valence-electron chi connectivity index (χ3n) is 4.31. The third-order valence-corrected chi connectivity index (χ3v) is 4.31. The van der Waals surface area contributed by atoms with Crippen LogP contribution in [0.2, 0.25) is 0 Å². The molecule has 2 heterocycles. The molecule has 0 atom stereocenters. The SMILES string of the molecule is Cc1ncc([N+](=O)[O-])n1OCCOC(=O)CN(CC(=O)O)CC(=O)OCCOn1c([N+](=O)[O-])cnc1C. The fourth-order valence-corrected chi connectivity index (χ4v) is 2.79. The second-order valence-electron chi connectivity index (χ2n) is 7.08. The zero-order chi connectivity index (χ0) is 27.5. The molecule has 2 aromatic rings. The van der Waals surface area contributed by atoms with Crippen LogP contribution in [0.15, 0.2) is 12.4 Å². The van der Waals surface area contributed by atoms with Crippen molar-refractivity contribution >= 4 is 29.5 Å². The van der Waals surface area contributed by atoms with Gasteiger partial charge >= 0.3 is 29.5 Å². The highest BCUT2D eigenvalue weighted by Gasteiger charge is 2.22. The van der Waals surface area contributed by atoms with Crippen LogP contribution in [0.3, 0.4) is 0 Å². The summed E-state index contributed by atoms with van der Waals surface area (Å²) in [7, 11) is 0. The Hall–Kier alpha value is -4.81. The van der Waals surface area contributed by atoms with Crippen LogP contribution in [0.4, 0.5) is 11.6 Å². The molecule has 0 saturated heterocycles. The maximum atomic E-state index is 12.1. The molecule has 0 aliphatic carbocycles. The summed E-state index contributed by atoms with van der Waals surface area (Å²) < 4.78 is 11.6. The van der Waals surface area contributed by atoms with Gasteiger partial charge in [0.05, 0.1) is 19.6 Å². The van der Waals surface area contributed by atoms with Crippen LogP contribution in [0.1, 0.15) is 11.6 Å². The van der Waals surface area contributed by atoms with E-state index in [1.807, 2.05) is 0 Å². The van der Waals surface area contributed by atoms with Crippen molar-refractivity contribution < 1.29 is 48.5 Å². The lowest BCUT2D eigenvalue weighted by Gasteiger charge is -2.18. The standard InChI is InChI=1S/C18H23N7O12/c1-12-19-7-14(24(30)31)22(12)36-5-3-34-17(28)10-21(9-16(26)27)11-18(29)35-4-6-37-23-13(2)20-8-15(23)25(32)33/h7-8H,3-6,9-11H2,1-2H3,(H,26,27). The molecular formula is C18H23N7O12. The van der Waals surface area contributed by atoms with Crippen LogP contribution < -0.4 is 9.68 Å². The van der Waals surface area contributed by atoms with Crippen LogP contribution >= 0.6 is 0 Å². The second kappa shape index (κ2) is 13.3. The van der Waals surface area contributed by atoms with E-state index in [-0.39, 0.29) is 38.1 Å². The smallest absolute Gasteiger partial charge is 0.381 e. The summed E-state index contributed by atoms with van der Waals surface area (Å²) in [4.78, 5) is 74.4. The Morgan fingerprint density at radius 1 is 0.838 bits per heavy atom. The summed E-state index contributed by atoms with van der Waals surface area (Å²) >= 11 is 0. The van der Waals surface area contributed by atoms with E-state index in [0.717, 1.165) is 26.8 Å². The Kier molecular flexibility index (Phi) is 10.2. The number of carbonyl (C=O) groups excluding carboxylic acids is 2. The van der Waals surface area contributed by atoms with Gasteiger partial charge in [-0.15, -0.1) is 0 Å². The molecule has 0 spiro atoms. The predicted octanol–water partition coefficient (Wildman–Crippen LogP) is -1.46. The van der Waals surface area contributed by atoms with Gasteiger partial charge in [-0.25, -0.2) is 9.97 Å². The maximum Gasteiger partial charge on any atom is 0.381 e. The molecule has 37 heavy (non-hydrogen) atoms. The Labute approximate surface area is 207 Å². The van der Waals surface area contributed by atoms with Crippen LogP contribution in [0.5, 0.6) is 0 Å². The highest BCUT2D eigenvalue weighted by atomic mass is 16.7. The minimum absolute atomic E-state index is 0.202. The van der Waals surface area contributed by atoms with Crippen LogP contribution in [-0.2, 0) is 23.9 Å². The number of imidazole rings is 2. The Morgan fingerprint density at radius 3 is 1.59 bits per heavy atom. The number of nitro groups is 2. The summed E-state index contributed by atoms with van der Waals surface area (Å²) in [6, 6.07) is 0. The number of esters is 2. The zero-order valence-electron chi connectivity index (χ0n) is 19.7. The number of hydrogen-bond acceptors (Lipinski definition) is 14. The number of aliphatic carboxylic acids is 1. The van der Waals surface area contributed by atoms with Gasteiger partial charge in [0, 0.05) is 13.8 Å². The van der Waals surface area contributed by atoms with Crippen molar-refractivity contribution in [2.75, 3.05) is 46.1 Å². The van der Waals surface area contributed by atoms with Crippen LogP contribution in [0.25, 0.3) is 0 Å². The number of carboxylic acid groups (broad SMARTS) is 1. The van der Waals surface area contributed by atoms with Gasteiger partial charge in [-0.3, -0.25) is 19.3 Å². The molecule has 0 saturated carbocycles. The fraction of sp³-hybridized carbons (Fsp3) is 0.500. The van der Waals surface area contributed by atoms with Crippen molar-refractivity contribution in [3.8, 4) is 0 Å². The molecule has 1 N–H and O–H groups in total. The number of hydrogen-bond donors (Lipinski definition) is 1. The number of aromatic nitrogens is 4. The Bertz CT molecular complexity index is 1060. The van der Waals surface area contributed by atoms with Gasteiger partial charge < -0.3 is 44.5 Å². The molecule has 0 aliphatic rings. The van der Waals surface area contributed by atoms with Gasteiger partial charge in [-0.1, -0.05) is 0 Å².